The number of hydrogen-bond donors (Lipinski definition) is 6. The molecule has 0 aromatic heterocycles. The fourth-order valence-electron chi connectivity index (χ4n) is 8.41. The number of aromatic hydroxyl groups is 1. The van der Waals surface area contributed by atoms with E-state index in [2.05, 4.69) is 26.6 Å². The van der Waals surface area contributed by atoms with Crippen LogP contribution in [0.4, 0.5) is 19.2 Å². The van der Waals surface area contributed by atoms with Gasteiger partial charge in [0.05, 0.1) is 32.8 Å². The van der Waals surface area contributed by atoms with Gasteiger partial charge in [0.25, 0.3) is 0 Å². The molecule has 4 unspecified atom stereocenters. The van der Waals surface area contributed by atoms with Crippen LogP contribution < -0.4 is 45.5 Å². The van der Waals surface area contributed by atoms with E-state index in [-0.39, 0.29) is 43.7 Å². The predicted molar refractivity (Wildman–Crippen MR) is 241 cm³/mol. The van der Waals surface area contributed by atoms with Crippen molar-refractivity contribution in [2.75, 3.05) is 53.8 Å². The molecule has 1 saturated heterocycles. The standard InChI is InChI=1S/C47H69N5O14/c1-45(2,3)64-42(56)49-19-14-12-17-47(6,7)65-43(57)50-18-13-10-11-16-46(4,5)66-44(58)51-21-15-20-48-41(55)52-38-30-25-33-32(62-27-63-33)24-29(30)36(37-31(38)26-61-40(37)54)28-22-34(59-8)39(53)35(23-28)60-9/h22-25,31,36-38,53H,10-21,26-27H2,1-9H3,(H,49,56)(H,50,57)(H,51,58)(H2,48,52,55). The Labute approximate surface area is 387 Å². The summed E-state index contributed by atoms with van der Waals surface area (Å²) in [7, 11) is 2.86. The van der Waals surface area contributed by atoms with Crippen LogP contribution in [0, 0.1) is 11.8 Å². The summed E-state index contributed by atoms with van der Waals surface area (Å²) in [5.41, 5.74) is 0.158. The topological polar surface area (TPSA) is 240 Å². The van der Waals surface area contributed by atoms with Gasteiger partial charge in [-0.1, -0.05) is 6.42 Å². The lowest BCUT2D eigenvalue weighted by Crippen LogP contribution is -2.46. The molecule has 1 aliphatic carbocycles. The molecule has 0 spiro atoms. The fourth-order valence-corrected chi connectivity index (χ4v) is 8.41. The summed E-state index contributed by atoms with van der Waals surface area (Å²) in [6.07, 6.45) is 3.98. The number of hydrogen-bond acceptors (Lipinski definition) is 14. The Hall–Kier alpha value is -6.01. The number of nitrogens with one attached hydrogen (secondary N) is 5. The molecule has 2 heterocycles. The summed E-state index contributed by atoms with van der Waals surface area (Å²) in [6, 6.07) is 5.87. The average Bonchev–Trinajstić information content (AvgIpc) is 3.86. The maximum atomic E-state index is 13.5. The molecule has 6 N–H and O–H groups in total. The highest BCUT2D eigenvalue weighted by atomic mass is 16.7. The van der Waals surface area contributed by atoms with Gasteiger partial charge >= 0.3 is 30.3 Å². The molecule has 366 valence electrons. The number of ether oxygens (including phenoxy) is 8. The van der Waals surface area contributed by atoms with Gasteiger partial charge in [0.15, 0.2) is 23.0 Å². The molecule has 19 heteroatoms. The van der Waals surface area contributed by atoms with Gasteiger partial charge in [-0.05, 0) is 134 Å². The number of carbonyl (C=O) groups is 5. The third kappa shape index (κ3) is 14.2. The van der Waals surface area contributed by atoms with Crippen LogP contribution in [0.15, 0.2) is 24.3 Å². The van der Waals surface area contributed by atoms with Crippen molar-refractivity contribution in [1.29, 1.82) is 0 Å². The van der Waals surface area contributed by atoms with Gasteiger partial charge < -0.3 is 69.6 Å². The first-order chi connectivity index (χ1) is 31.2. The molecule has 66 heavy (non-hydrogen) atoms. The maximum absolute atomic E-state index is 13.5. The van der Waals surface area contributed by atoms with Gasteiger partial charge in [-0.2, -0.15) is 0 Å². The number of carbonyl (C=O) groups excluding carboxylic acids is 5. The van der Waals surface area contributed by atoms with Crippen molar-refractivity contribution >= 4 is 30.3 Å². The molecule has 5 rings (SSSR count). The van der Waals surface area contributed by atoms with Crippen molar-refractivity contribution in [2.45, 2.75) is 129 Å². The van der Waals surface area contributed by atoms with Crippen LogP contribution in [0.3, 0.4) is 0 Å². The Balaban J connectivity index is 0.999. The summed E-state index contributed by atoms with van der Waals surface area (Å²) in [5.74, 6) is -0.926. The number of benzene rings is 2. The van der Waals surface area contributed by atoms with E-state index in [1.54, 1.807) is 12.1 Å². The minimum Gasteiger partial charge on any atom is -0.502 e. The van der Waals surface area contributed by atoms with Crippen molar-refractivity contribution in [1.82, 2.24) is 26.6 Å². The Bertz CT molecular complexity index is 2010. The van der Waals surface area contributed by atoms with E-state index in [1.165, 1.54) is 14.2 Å². The first-order valence-electron chi connectivity index (χ1n) is 22.7. The molecule has 5 amide bonds. The number of phenols is 1. The third-order valence-electron chi connectivity index (χ3n) is 11.6. The Morgan fingerprint density at radius 3 is 1.71 bits per heavy atom. The number of alkyl carbamates (subject to hydrolysis) is 3. The average molecular weight is 928 g/mol. The van der Waals surface area contributed by atoms with E-state index in [4.69, 9.17) is 37.9 Å². The highest BCUT2D eigenvalue weighted by molar-refractivity contribution is 5.80. The van der Waals surface area contributed by atoms with Crippen molar-refractivity contribution in [2.24, 2.45) is 11.8 Å². The number of methoxy groups -OCH3 is 2. The molecule has 0 saturated carbocycles. The van der Waals surface area contributed by atoms with Crippen LogP contribution in [0.1, 0.15) is 128 Å². The number of amides is 5. The number of esters is 1. The van der Waals surface area contributed by atoms with Crippen LogP contribution in [0.25, 0.3) is 0 Å². The lowest BCUT2D eigenvalue weighted by atomic mass is 9.65. The summed E-state index contributed by atoms with van der Waals surface area (Å²) in [4.78, 5) is 63.7. The first kappa shape index (κ1) is 51.0. The number of rotatable bonds is 21. The molecule has 19 nitrogen and oxygen atoms in total. The predicted octanol–water partition coefficient (Wildman–Crippen LogP) is 7.07. The molecule has 2 aliphatic heterocycles. The molecular formula is C47H69N5O14. The van der Waals surface area contributed by atoms with Crippen molar-refractivity contribution in [3.8, 4) is 28.7 Å². The zero-order chi connectivity index (χ0) is 48.2. The first-order valence-corrected chi connectivity index (χ1v) is 22.7. The van der Waals surface area contributed by atoms with Crippen LogP contribution in [-0.2, 0) is 23.7 Å². The monoisotopic (exact) mass is 927 g/mol. The highest BCUT2D eigenvalue weighted by Gasteiger charge is 2.53. The summed E-state index contributed by atoms with van der Waals surface area (Å²) >= 11 is 0. The minimum absolute atomic E-state index is 0.0257. The van der Waals surface area contributed by atoms with Crippen LogP contribution in [-0.4, -0.2) is 106 Å². The lowest BCUT2D eigenvalue weighted by molar-refractivity contribution is -0.141. The third-order valence-corrected chi connectivity index (χ3v) is 11.6. The van der Waals surface area contributed by atoms with Gasteiger partial charge in [-0.15, -0.1) is 0 Å². The smallest absolute Gasteiger partial charge is 0.407 e. The summed E-state index contributed by atoms with van der Waals surface area (Å²) in [5, 5.41) is 24.8. The van der Waals surface area contributed by atoms with Crippen molar-refractivity contribution in [3.05, 3.63) is 41.0 Å². The van der Waals surface area contributed by atoms with Gasteiger partial charge in [0.2, 0.25) is 12.5 Å². The fraction of sp³-hybridized carbons (Fsp3) is 0.638. The highest BCUT2D eigenvalue weighted by Crippen LogP contribution is 2.55. The van der Waals surface area contributed by atoms with E-state index in [9.17, 15) is 29.1 Å². The van der Waals surface area contributed by atoms with Gasteiger partial charge in [0.1, 0.15) is 16.8 Å². The zero-order valence-electron chi connectivity index (χ0n) is 39.8. The molecule has 1 fully saturated rings. The minimum atomic E-state index is -0.725. The van der Waals surface area contributed by atoms with E-state index in [0.717, 1.165) is 43.2 Å². The summed E-state index contributed by atoms with van der Waals surface area (Å²) < 4.78 is 44.4. The second-order valence-corrected chi connectivity index (χ2v) is 19.0. The molecule has 2 aromatic rings. The van der Waals surface area contributed by atoms with Crippen LogP contribution in [0.5, 0.6) is 28.7 Å². The number of fused-ring (bicyclic) bond motifs is 3. The molecule has 4 atom stereocenters. The van der Waals surface area contributed by atoms with E-state index in [1.807, 2.05) is 60.6 Å². The number of cyclic esters (lactones) is 1. The Morgan fingerprint density at radius 2 is 1.15 bits per heavy atom. The maximum Gasteiger partial charge on any atom is 0.407 e. The second kappa shape index (κ2) is 22.5. The summed E-state index contributed by atoms with van der Waals surface area (Å²) in [6.45, 7) is 14.3. The molecule has 0 radical (unpaired) electrons. The van der Waals surface area contributed by atoms with Crippen molar-refractivity contribution < 1.29 is 67.0 Å². The van der Waals surface area contributed by atoms with E-state index >= 15 is 0 Å². The Kier molecular flexibility index (Phi) is 17.3. The number of phenolic OH excluding ortho intramolecular Hbond substituents is 1. The largest absolute Gasteiger partial charge is 0.502 e. The zero-order valence-corrected chi connectivity index (χ0v) is 39.8. The molecule has 0 bridgehead atoms. The number of urea groups is 1. The van der Waals surface area contributed by atoms with E-state index in [0.29, 0.717) is 49.4 Å². The van der Waals surface area contributed by atoms with E-state index < -0.39 is 70.9 Å². The van der Waals surface area contributed by atoms with Crippen LogP contribution >= 0.6 is 0 Å². The van der Waals surface area contributed by atoms with Crippen molar-refractivity contribution in [3.63, 3.8) is 0 Å². The second-order valence-electron chi connectivity index (χ2n) is 19.0. The van der Waals surface area contributed by atoms with Gasteiger partial charge in [-0.3, -0.25) is 4.79 Å². The normalized spacial score (nSPS) is 18.5. The molecule has 3 aliphatic rings. The van der Waals surface area contributed by atoms with Crippen LogP contribution in [0.2, 0.25) is 0 Å². The quantitative estimate of drug-likeness (QED) is 0.0417. The number of unbranched alkanes of at least 4 members (excludes halogenated alkanes) is 3. The molecular weight excluding hydrogens is 859 g/mol. The van der Waals surface area contributed by atoms with Gasteiger partial charge in [0, 0.05) is 38.0 Å². The molecule has 2 aromatic carbocycles. The SMILES string of the molecule is COc1cc(C2c3cc4c(cc3C(NC(=O)NCCCNC(=O)OC(C)(C)CCCCCNC(=O)OC(C)(C)CCCCNC(=O)OC(C)(C)C)C3COC(=O)C23)OCO4)cc(OC)c1O. The van der Waals surface area contributed by atoms with Gasteiger partial charge in [-0.25, -0.2) is 19.2 Å². The Morgan fingerprint density at radius 1 is 0.652 bits per heavy atom. The lowest BCUT2D eigenvalue weighted by Gasteiger charge is -2.39.